The third-order valence-electron chi connectivity index (χ3n) is 2.81. The summed E-state index contributed by atoms with van der Waals surface area (Å²) < 4.78 is 1.81. The van der Waals surface area contributed by atoms with Gasteiger partial charge in [-0.25, -0.2) is 0 Å². The van der Waals surface area contributed by atoms with Crippen molar-refractivity contribution in [2.75, 3.05) is 27.2 Å². The molecule has 6 nitrogen and oxygen atoms in total. The zero-order chi connectivity index (χ0) is 15.2. The van der Waals surface area contributed by atoms with Gasteiger partial charge in [0.15, 0.2) is 5.96 Å². The van der Waals surface area contributed by atoms with E-state index >= 15 is 0 Å². The number of hydrogen-bond acceptors (Lipinski definition) is 3. The maximum atomic E-state index is 4.30. The van der Waals surface area contributed by atoms with E-state index in [1.165, 1.54) is 5.56 Å². The second kappa shape index (κ2) is 7.28. The van der Waals surface area contributed by atoms with Crippen LogP contribution in [0.5, 0.6) is 0 Å². The van der Waals surface area contributed by atoms with Crippen molar-refractivity contribution in [3.63, 3.8) is 0 Å². The molecule has 0 amide bonds. The van der Waals surface area contributed by atoms with E-state index < -0.39 is 0 Å². The molecule has 2 N–H and O–H groups in total. The zero-order valence-corrected chi connectivity index (χ0v) is 13.6. The van der Waals surface area contributed by atoms with E-state index in [2.05, 4.69) is 46.4 Å². The minimum Gasteiger partial charge on any atom is -0.355 e. The molecule has 1 rings (SSSR count). The molecule has 0 aliphatic carbocycles. The van der Waals surface area contributed by atoms with Gasteiger partial charge >= 0.3 is 0 Å². The van der Waals surface area contributed by atoms with E-state index in [-0.39, 0.29) is 5.54 Å². The lowest BCUT2D eigenvalue weighted by molar-refractivity contribution is 0.422. The number of guanidine groups is 1. The number of aromatic nitrogens is 2. The largest absolute Gasteiger partial charge is 0.355 e. The van der Waals surface area contributed by atoms with Crippen molar-refractivity contribution in [2.24, 2.45) is 12.0 Å². The van der Waals surface area contributed by atoms with Crippen LogP contribution in [0.2, 0.25) is 0 Å². The second-order valence-corrected chi connectivity index (χ2v) is 6.03. The van der Waals surface area contributed by atoms with Crippen LogP contribution >= 0.6 is 0 Å². The van der Waals surface area contributed by atoms with Gasteiger partial charge in [-0.15, -0.1) is 0 Å². The maximum Gasteiger partial charge on any atom is 0.193 e. The van der Waals surface area contributed by atoms with Crippen LogP contribution < -0.4 is 10.6 Å². The van der Waals surface area contributed by atoms with E-state index in [9.17, 15) is 0 Å². The van der Waals surface area contributed by atoms with Crippen LogP contribution in [-0.4, -0.2) is 53.4 Å². The van der Waals surface area contributed by atoms with E-state index in [0.29, 0.717) is 0 Å². The third kappa shape index (κ3) is 6.06. The number of aliphatic imine (C=N–C) groups is 1. The fourth-order valence-electron chi connectivity index (χ4n) is 1.90. The Morgan fingerprint density at radius 3 is 2.60 bits per heavy atom. The van der Waals surface area contributed by atoms with E-state index in [1.807, 2.05) is 31.2 Å². The van der Waals surface area contributed by atoms with Crippen molar-refractivity contribution >= 4 is 5.96 Å². The van der Waals surface area contributed by atoms with Gasteiger partial charge in [0.2, 0.25) is 0 Å². The van der Waals surface area contributed by atoms with Gasteiger partial charge in [0, 0.05) is 58.1 Å². The topological polar surface area (TPSA) is 57.5 Å². The summed E-state index contributed by atoms with van der Waals surface area (Å²) >= 11 is 0. The van der Waals surface area contributed by atoms with Gasteiger partial charge in [-0.2, -0.15) is 5.10 Å². The number of nitrogens with one attached hydrogen (secondary N) is 2. The Kier molecular flexibility index (Phi) is 6.01. The minimum atomic E-state index is 0.146. The van der Waals surface area contributed by atoms with Crippen LogP contribution in [0.1, 0.15) is 26.3 Å². The molecule has 0 aromatic carbocycles. The molecule has 20 heavy (non-hydrogen) atoms. The molecule has 0 aliphatic heterocycles. The molecule has 0 aliphatic rings. The summed E-state index contributed by atoms with van der Waals surface area (Å²) in [7, 11) is 5.76. The van der Waals surface area contributed by atoms with Crippen molar-refractivity contribution in [2.45, 2.75) is 32.9 Å². The average molecular weight is 280 g/mol. The number of rotatable bonds is 5. The summed E-state index contributed by atoms with van der Waals surface area (Å²) in [5, 5.41) is 11.0. The Bertz CT molecular complexity index is 429. The molecule has 0 bridgehead atoms. The first-order chi connectivity index (χ1) is 9.31. The van der Waals surface area contributed by atoms with Crippen LogP contribution in [0.3, 0.4) is 0 Å². The summed E-state index contributed by atoms with van der Waals surface area (Å²) in [6.07, 6.45) is 3.90. The Labute approximate surface area is 122 Å². The monoisotopic (exact) mass is 280 g/mol. The quantitative estimate of drug-likeness (QED) is 0.476. The summed E-state index contributed by atoms with van der Waals surface area (Å²) in [6.45, 7) is 9.04. The predicted molar refractivity (Wildman–Crippen MR) is 83.8 cm³/mol. The molecule has 1 aromatic rings. The van der Waals surface area contributed by atoms with Gasteiger partial charge in [-0.3, -0.25) is 9.67 Å². The summed E-state index contributed by atoms with van der Waals surface area (Å²) in [6, 6.07) is 0. The van der Waals surface area contributed by atoms with Crippen molar-refractivity contribution in [3.05, 3.63) is 18.0 Å². The lowest BCUT2D eigenvalue weighted by Crippen LogP contribution is -2.44. The first kappa shape index (κ1) is 16.5. The fraction of sp³-hybridized carbons (Fsp3) is 0.714. The molecular formula is C14H28N6. The van der Waals surface area contributed by atoms with Gasteiger partial charge < -0.3 is 15.5 Å². The van der Waals surface area contributed by atoms with Crippen LogP contribution in [0.25, 0.3) is 0 Å². The molecule has 0 fully saturated rings. The fourth-order valence-corrected chi connectivity index (χ4v) is 1.90. The van der Waals surface area contributed by atoms with E-state index in [1.54, 1.807) is 7.05 Å². The smallest absolute Gasteiger partial charge is 0.193 e. The maximum absolute atomic E-state index is 4.30. The highest BCUT2D eigenvalue weighted by Crippen LogP contribution is 2.01. The Morgan fingerprint density at radius 2 is 2.10 bits per heavy atom. The highest BCUT2D eigenvalue weighted by atomic mass is 15.3. The molecule has 1 aromatic heterocycles. The van der Waals surface area contributed by atoms with Crippen molar-refractivity contribution in [3.8, 4) is 0 Å². The molecule has 114 valence electrons. The highest BCUT2D eigenvalue weighted by Gasteiger charge is 2.09. The molecule has 6 heteroatoms. The number of hydrogen-bond donors (Lipinski definition) is 2. The SMILES string of the molecule is CN=C(NCCNC(C)(C)C)N(C)Cc1cnn(C)c1. The summed E-state index contributed by atoms with van der Waals surface area (Å²) in [5.41, 5.74) is 1.32. The molecule has 0 saturated heterocycles. The lowest BCUT2D eigenvalue weighted by atomic mass is 10.1. The second-order valence-electron chi connectivity index (χ2n) is 6.03. The van der Waals surface area contributed by atoms with Gasteiger partial charge in [-0.05, 0) is 20.8 Å². The van der Waals surface area contributed by atoms with Crippen LogP contribution in [0.4, 0.5) is 0 Å². The number of nitrogens with zero attached hydrogens (tertiary/aromatic N) is 4. The van der Waals surface area contributed by atoms with Crippen molar-refractivity contribution in [1.29, 1.82) is 0 Å². The van der Waals surface area contributed by atoms with Gasteiger partial charge in [0.25, 0.3) is 0 Å². The van der Waals surface area contributed by atoms with Crippen molar-refractivity contribution in [1.82, 2.24) is 25.3 Å². The minimum absolute atomic E-state index is 0.146. The Balaban J connectivity index is 2.38. The zero-order valence-electron chi connectivity index (χ0n) is 13.6. The molecular weight excluding hydrogens is 252 g/mol. The summed E-state index contributed by atoms with van der Waals surface area (Å²) in [5.74, 6) is 0.893. The first-order valence-electron chi connectivity index (χ1n) is 6.96. The predicted octanol–water partition coefficient (Wildman–Crippen LogP) is 0.815. The molecule has 0 radical (unpaired) electrons. The van der Waals surface area contributed by atoms with Gasteiger partial charge in [0.05, 0.1) is 6.20 Å². The van der Waals surface area contributed by atoms with E-state index in [4.69, 9.17) is 0 Å². The third-order valence-corrected chi connectivity index (χ3v) is 2.81. The molecule has 0 saturated carbocycles. The first-order valence-corrected chi connectivity index (χ1v) is 6.96. The molecule has 0 spiro atoms. The average Bonchev–Trinajstić information content (AvgIpc) is 2.73. The number of aryl methyl sites for hydroxylation is 1. The van der Waals surface area contributed by atoms with Crippen molar-refractivity contribution < 1.29 is 0 Å². The lowest BCUT2D eigenvalue weighted by Gasteiger charge is -2.24. The summed E-state index contributed by atoms with van der Waals surface area (Å²) in [4.78, 5) is 6.39. The van der Waals surface area contributed by atoms with Gasteiger partial charge in [0.1, 0.15) is 0 Å². The molecule has 0 unspecified atom stereocenters. The standard InChI is InChI=1S/C14H28N6/c1-14(2,3)17-8-7-16-13(15-4)19(5)10-12-9-18-20(6)11-12/h9,11,17H,7-8,10H2,1-6H3,(H,15,16). The molecule has 0 atom stereocenters. The van der Waals surface area contributed by atoms with Crippen LogP contribution in [-0.2, 0) is 13.6 Å². The molecule has 1 heterocycles. The van der Waals surface area contributed by atoms with Crippen LogP contribution in [0, 0.1) is 0 Å². The van der Waals surface area contributed by atoms with Gasteiger partial charge in [-0.1, -0.05) is 0 Å². The Morgan fingerprint density at radius 1 is 1.40 bits per heavy atom. The van der Waals surface area contributed by atoms with Crippen LogP contribution in [0.15, 0.2) is 17.4 Å². The van der Waals surface area contributed by atoms with E-state index in [0.717, 1.165) is 25.6 Å². The highest BCUT2D eigenvalue weighted by molar-refractivity contribution is 5.79. The Hall–Kier alpha value is -1.56. The normalized spacial score (nSPS) is 12.6.